The van der Waals surface area contributed by atoms with Gasteiger partial charge in [0.1, 0.15) is 11.5 Å². The number of aromatic hydroxyl groups is 1. The Kier molecular flexibility index (Phi) is 3.89. The summed E-state index contributed by atoms with van der Waals surface area (Å²) in [4.78, 5) is 11.1. The molecule has 0 bridgehead atoms. The highest BCUT2D eigenvalue weighted by Gasteiger charge is 2.26. The Morgan fingerprint density at radius 2 is 1.89 bits per heavy atom. The van der Waals surface area contributed by atoms with Crippen molar-refractivity contribution in [2.45, 2.75) is 39.0 Å². The molecule has 0 aliphatic carbocycles. The Balaban J connectivity index is 3.48. The van der Waals surface area contributed by atoms with Crippen LogP contribution in [0.25, 0.3) is 0 Å². The maximum absolute atomic E-state index is 11.1. The van der Waals surface area contributed by atoms with E-state index in [1.807, 2.05) is 20.8 Å². The first-order valence-corrected chi connectivity index (χ1v) is 5.82. The van der Waals surface area contributed by atoms with Gasteiger partial charge in [-0.15, -0.1) is 0 Å². The molecule has 18 heavy (non-hydrogen) atoms. The third-order valence-corrected chi connectivity index (χ3v) is 2.99. The average Bonchev–Trinajstić information content (AvgIpc) is 2.26. The van der Waals surface area contributed by atoms with Gasteiger partial charge in [-0.25, -0.2) is 0 Å². The van der Waals surface area contributed by atoms with Gasteiger partial charge >= 0.3 is 5.97 Å². The van der Waals surface area contributed by atoms with Crippen molar-refractivity contribution >= 4 is 5.97 Å². The summed E-state index contributed by atoms with van der Waals surface area (Å²) in [5.41, 5.74) is 0.780. The smallest absolute Gasteiger partial charge is 0.310 e. The molecule has 1 unspecified atom stereocenters. The van der Waals surface area contributed by atoms with E-state index in [0.29, 0.717) is 16.9 Å². The summed E-state index contributed by atoms with van der Waals surface area (Å²) < 4.78 is 5.17. The number of methoxy groups -OCH3 is 1. The predicted octanol–water partition coefficient (Wildman–Crippen LogP) is 2.89. The van der Waals surface area contributed by atoms with E-state index in [4.69, 9.17) is 9.84 Å². The highest BCUT2D eigenvalue weighted by Crippen LogP contribution is 2.39. The molecule has 4 nitrogen and oxygen atoms in total. The minimum atomic E-state index is -0.974. The molecule has 1 rings (SSSR count). The quantitative estimate of drug-likeness (QED) is 0.868. The van der Waals surface area contributed by atoms with Gasteiger partial charge in [0.15, 0.2) is 0 Å². The number of phenolic OH excluding ortho intramolecular Hbond substituents is 1. The molecular formula is C14H20O4. The Labute approximate surface area is 107 Å². The van der Waals surface area contributed by atoms with Gasteiger partial charge in [-0.3, -0.25) is 4.79 Å². The standard InChI is InChI=1S/C14H20O4/c1-8(13(16)17)10-6-9(18-5)7-11(12(10)15)14(2,3)4/h6-8,15H,1-5H3,(H,16,17). The van der Waals surface area contributed by atoms with E-state index < -0.39 is 11.9 Å². The SMILES string of the molecule is COc1cc(C(C)C(=O)O)c(O)c(C(C)(C)C)c1. The van der Waals surface area contributed by atoms with Gasteiger partial charge in [-0.2, -0.15) is 0 Å². The largest absolute Gasteiger partial charge is 0.507 e. The second-order valence-corrected chi connectivity index (χ2v) is 5.42. The summed E-state index contributed by atoms with van der Waals surface area (Å²) >= 11 is 0. The summed E-state index contributed by atoms with van der Waals surface area (Å²) in [6.45, 7) is 7.41. The van der Waals surface area contributed by atoms with Gasteiger partial charge in [0.05, 0.1) is 13.0 Å². The molecule has 2 N–H and O–H groups in total. The average molecular weight is 252 g/mol. The van der Waals surface area contributed by atoms with Crippen molar-refractivity contribution in [3.63, 3.8) is 0 Å². The molecule has 0 saturated carbocycles. The first-order chi connectivity index (χ1) is 8.18. The summed E-state index contributed by atoms with van der Waals surface area (Å²) in [5.74, 6) is -1.15. The molecular weight excluding hydrogens is 232 g/mol. The zero-order valence-corrected chi connectivity index (χ0v) is 11.4. The number of hydrogen-bond donors (Lipinski definition) is 2. The van der Waals surface area contributed by atoms with Crippen LogP contribution < -0.4 is 4.74 Å². The number of aliphatic carboxylic acids is 1. The van der Waals surface area contributed by atoms with E-state index in [1.54, 1.807) is 19.1 Å². The van der Waals surface area contributed by atoms with Crippen LogP contribution in [0.4, 0.5) is 0 Å². The van der Waals surface area contributed by atoms with Gasteiger partial charge in [0, 0.05) is 11.1 Å². The van der Waals surface area contributed by atoms with E-state index in [-0.39, 0.29) is 11.2 Å². The lowest BCUT2D eigenvalue weighted by Crippen LogP contribution is -2.15. The molecule has 0 amide bonds. The molecule has 0 spiro atoms. The topological polar surface area (TPSA) is 66.8 Å². The van der Waals surface area contributed by atoms with Crippen LogP contribution in [0.1, 0.15) is 44.7 Å². The number of carboxylic acid groups (broad SMARTS) is 1. The van der Waals surface area contributed by atoms with Crippen molar-refractivity contribution in [2.75, 3.05) is 7.11 Å². The molecule has 0 heterocycles. The first kappa shape index (κ1) is 14.4. The van der Waals surface area contributed by atoms with Crippen LogP contribution in [-0.4, -0.2) is 23.3 Å². The number of carboxylic acids is 1. The Bertz CT molecular complexity index is 458. The van der Waals surface area contributed by atoms with Crippen molar-refractivity contribution in [3.05, 3.63) is 23.3 Å². The highest BCUT2D eigenvalue weighted by molar-refractivity contribution is 5.77. The lowest BCUT2D eigenvalue weighted by Gasteiger charge is -2.24. The maximum Gasteiger partial charge on any atom is 0.310 e. The molecule has 1 aromatic carbocycles. The van der Waals surface area contributed by atoms with Crippen LogP contribution in [0.2, 0.25) is 0 Å². The summed E-state index contributed by atoms with van der Waals surface area (Å²) in [6, 6.07) is 3.32. The van der Waals surface area contributed by atoms with E-state index >= 15 is 0 Å². The van der Waals surface area contributed by atoms with E-state index in [9.17, 15) is 9.90 Å². The van der Waals surface area contributed by atoms with Crippen LogP contribution in [0.3, 0.4) is 0 Å². The molecule has 1 atom stereocenters. The maximum atomic E-state index is 11.1. The van der Waals surface area contributed by atoms with E-state index in [2.05, 4.69) is 0 Å². The summed E-state index contributed by atoms with van der Waals surface area (Å²) in [6.07, 6.45) is 0. The predicted molar refractivity (Wildman–Crippen MR) is 69.4 cm³/mol. The highest BCUT2D eigenvalue weighted by atomic mass is 16.5. The van der Waals surface area contributed by atoms with Gasteiger partial charge < -0.3 is 14.9 Å². The molecule has 0 saturated heterocycles. The van der Waals surface area contributed by atoms with Crippen LogP contribution in [-0.2, 0) is 10.2 Å². The zero-order valence-electron chi connectivity index (χ0n) is 11.4. The Hall–Kier alpha value is -1.71. The number of hydrogen-bond acceptors (Lipinski definition) is 3. The lowest BCUT2D eigenvalue weighted by molar-refractivity contribution is -0.138. The van der Waals surface area contributed by atoms with Crippen LogP contribution in [0.5, 0.6) is 11.5 Å². The van der Waals surface area contributed by atoms with Gasteiger partial charge in [0.25, 0.3) is 0 Å². The molecule has 1 aromatic rings. The van der Waals surface area contributed by atoms with Crippen molar-refractivity contribution in [1.29, 1.82) is 0 Å². The Morgan fingerprint density at radius 3 is 2.28 bits per heavy atom. The van der Waals surface area contributed by atoms with Gasteiger partial charge in [0.2, 0.25) is 0 Å². The van der Waals surface area contributed by atoms with Crippen molar-refractivity contribution in [3.8, 4) is 11.5 Å². The fourth-order valence-corrected chi connectivity index (χ4v) is 1.78. The number of phenols is 1. The monoisotopic (exact) mass is 252 g/mol. The number of benzene rings is 1. The van der Waals surface area contributed by atoms with Crippen molar-refractivity contribution in [2.24, 2.45) is 0 Å². The Morgan fingerprint density at radius 1 is 1.33 bits per heavy atom. The molecule has 100 valence electrons. The van der Waals surface area contributed by atoms with E-state index in [1.165, 1.54) is 7.11 Å². The molecule has 0 radical (unpaired) electrons. The first-order valence-electron chi connectivity index (χ1n) is 5.82. The normalized spacial score (nSPS) is 13.2. The van der Waals surface area contributed by atoms with Gasteiger partial charge in [-0.1, -0.05) is 20.8 Å². The molecule has 0 aliphatic rings. The summed E-state index contributed by atoms with van der Waals surface area (Å²) in [7, 11) is 1.52. The van der Waals surface area contributed by atoms with Gasteiger partial charge in [-0.05, 0) is 24.5 Å². The molecule has 4 heteroatoms. The minimum Gasteiger partial charge on any atom is -0.507 e. The van der Waals surface area contributed by atoms with Crippen LogP contribution in [0, 0.1) is 0 Å². The third-order valence-electron chi connectivity index (χ3n) is 2.99. The second-order valence-electron chi connectivity index (χ2n) is 5.42. The number of rotatable bonds is 3. The fourth-order valence-electron chi connectivity index (χ4n) is 1.78. The fraction of sp³-hybridized carbons (Fsp3) is 0.500. The number of carbonyl (C=O) groups is 1. The number of ether oxygens (including phenoxy) is 1. The molecule has 0 aromatic heterocycles. The molecule has 0 aliphatic heterocycles. The lowest BCUT2D eigenvalue weighted by atomic mass is 9.83. The third kappa shape index (κ3) is 2.75. The zero-order chi connectivity index (χ0) is 14.1. The molecule has 0 fully saturated rings. The van der Waals surface area contributed by atoms with E-state index in [0.717, 1.165) is 0 Å². The minimum absolute atomic E-state index is 0.0400. The summed E-state index contributed by atoms with van der Waals surface area (Å²) in [5, 5.41) is 19.3. The van der Waals surface area contributed by atoms with Crippen molar-refractivity contribution < 1.29 is 19.7 Å². The van der Waals surface area contributed by atoms with Crippen molar-refractivity contribution in [1.82, 2.24) is 0 Å². The second kappa shape index (κ2) is 4.88. The van der Waals surface area contributed by atoms with Crippen LogP contribution in [0.15, 0.2) is 12.1 Å². The van der Waals surface area contributed by atoms with Crippen LogP contribution >= 0.6 is 0 Å².